The number of hydrogen-bond donors (Lipinski definition) is 2. The number of aromatic nitrogens is 2. The molecule has 0 spiro atoms. The molecule has 1 unspecified atom stereocenters. The zero-order valence-electron chi connectivity index (χ0n) is 10.1. The molecule has 1 aromatic heterocycles. The summed E-state index contributed by atoms with van der Waals surface area (Å²) in [7, 11) is 0. The molecular formula is C12H19N3O. The first kappa shape index (κ1) is 11.2. The fraction of sp³-hybridized carbons (Fsp3) is 0.667. The molecule has 1 aliphatic carbocycles. The van der Waals surface area contributed by atoms with Crippen LogP contribution in [0, 0.1) is 5.41 Å². The van der Waals surface area contributed by atoms with Crippen LogP contribution in [0.5, 0.6) is 0 Å². The molecule has 2 rings (SSSR count). The minimum atomic E-state index is -0.311. The largest absolute Gasteiger partial charge is 0.353 e. The zero-order valence-corrected chi connectivity index (χ0v) is 10.1. The molecule has 4 nitrogen and oxygen atoms in total. The highest BCUT2D eigenvalue weighted by molar-refractivity contribution is 5.81. The summed E-state index contributed by atoms with van der Waals surface area (Å²) < 4.78 is 0. The molecule has 0 aliphatic heterocycles. The van der Waals surface area contributed by atoms with Crippen LogP contribution in [0.25, 0.3) is 0 Å². The molecule has 0 saturated heterocycles. The monoisotopic (exact) mass is 221 g/mol. The summed E-state index contributed by atoms with van der Waals surface area (Å²) >= 11 is 0. The maximum Gasteiger partial charge on any atom is 0.225 e. The molecule has 1 atom stereocenters. The van der Waals surface area contributed by atoms with Gasteiger partial charge in [-0.2, -0.15) is 5.10 Å². The fourth-order valence-electron chi connectivity index (χ4n) is 1.93. The summed E-state index contributed by atoms with van der Waals surface area (Å²) in [6.45, 7) is 5.81. The van der Waals surface area contributed by atoms with Crippen LogP contribution in [0.1, 0.15) is 38.4 Å². The van der Waals surface area contributed by atoms with Crippen molar-refractivity contribution in [1.82, 2.24) is 15.5 Å². The molecule has 0 fully saturated rings. The average molecular weight is 221 g/mol. The summed E-state index contributed by atoms with van der Waals surface area (Å²) in [6.07, 6.45) is 4.77. The molecule has 4 heteroatoms. The van der Waals surface area contributed by atoms with Crippen molar-refractivity contribution in [3.63, 3.8) is 0 Å². The summed E-state index contributed by atoms with van der Waals surface area (Å²) in [5.74, 6) is 0.125. The number of carbonyl (C=O) groups is 1. The lowest BCUT2D eigenvalue weighted by Crippen LogP contribution is -2.44. The SMILES string of the molecule is CC(C)(C)C(=O)NC1CCc2cn[nH]c2C1. The predicted octanol–water partition coefficient (Wildman–Crippen LogP) is 1.43. The zero-order chi connectivity index (χ0) is 11.8. The predicted molar refractivity (Wildman–Crippen MR) is 62.0 cm³/mol. The quantitative estimate of drug-likeness (QED) is 0.753. The highest BCUT2D eigenvalue weighted by Crippen LogP contribution is 2.20. The highest BCUT2D eigenvalue weighted by atomic mass is 16.2. The van der Waals surface area contributed by atoms with E-state index in [1.54, 1.807) is 0 Å². The Labute approximate surface area is 95.8 Å². The minimum Gasteiger partial charge on any atom is -0.353 e. The second kappa shape index (κ2) is 3.92. The van der Waals surface area contributed by atoms with Crippen molar-refractivity contribution in [3.8, 4) is 0 Å². The second-order valence-corrected chi connectivity index (χ2v) is 5.54. The van der Waals surface area contributed by atoms with E-state index in [0.717, 1.165) is 19.3 Å². The molecule has 1 heterocycles. The van der Waals surface area contributed by atoms with Crippen LogP contribution in [0.3, 0.4) is 0 Å². The minimum absolute atomic E-state index is 0.125. The van der Waals surface area contributed by atoms with Crippen LogP contribution in [0.4, 0.5) is 0 Å². The number of nitrogens with one attached hydrogen (secondary N) is 2. The summed E-state index contributed by atoms with van der Waals surface area (Å²) in [5, 5.41) is 10.1. The van der Waals surface area contributed by atoms with Crippen LogP contribution < -0.4 is 5.32 Å². The van der Waals surface area contributed by atoms with Gasteiger partial charge in [-0.15, -0.1) is 0 Å². The van der Waals surface area contributed by atoms with Crippen molar-refractivity contribution in [1.29, 1.82) is 0 Å². The van der Waals surface area contributed by atoms with Crippen LogP contribution in [0.15, 0.2) is 6.20 Å². The van der Waals surface area contributed by atoms with E-state index in [9.17, 15) is 4.79 Å². The smallest absolute Gasteiger partial charge is 0.225 e. The lowest BCUT2D eigenvalue weighted by atomic mass is 9.91. The Hall–Kier alpha value is -1.32. The normalized spacial score (nSPS) is 20.3. The Morgan fingerprint density at radius 1 is 1.56 bits per heavy atom. The number of aryl methyl sites for hydroxylation is 1. The number of amides is 1. The van der Waals surface area contributed by atoms with Gasteiger partial charge in [0, 0.05) is 23.6 Å². The van der Waals surface area contributed by atoms with E-state index in [2.05, 4.69) is 15.5 Å². The number of nitrogens with zero attached hydrogens (tertiary/aromatic N) is 1. The van der Waals surface area contributed by atoms with Crippen molar-refractivity contribution in [2.45, 2.75) is 46.1 Å². The van der Waals surface area contributed by atoms with E-state index in [-0.39, 0.29) is 17.4 Å². The topological polar surface area (TPSA) is 57.8 Å². The van der Waals surface area contributed by atoms with E-state index in [4.69, 9.17) is 0 Å². The number of carbonyl (C=O) groups excluding carboxylic acids is 1. The van der Waals surface area contributed by atoms with E-state index in [1.165, 1.54) is 11.3 Å². The maximum absolute atomic E-state index is 11.8. The van der Waals surface area contributed by atoms with Crippen molar-refractivity contribution in [2.24, 2.45) is 5.41 Å². The van der Waals surface area contributed by atoms with Crippen molar-refractivity contribution in [2.75, 3.05) is 0 Å². The molecule has 0 aromatic carbocycles. The fourth-order valence-corrected chi connectivity index (χ4v) is 1.93. The van der Waals surface area contributed by atoms with Gasteiger partial charge in [-0.05, 0) is 18.4 Å². The molecule has 0 saturated carbocycles. The molecule has 0 bridgehead atoms. The summed E-state index contributed by atoms with van der Waals surface area (Å²) in [4.78, 5) is 11.8. The molecule has 2 N–H and O–H groups in total. The van der Waals surface area contributed by atoms with Gasteiger partial charge in [-0.25, -0.2) is 0 Å². The molecule has 16 heavy (non-hydrogen) atoms. The highest BCUT2D eigenvalue weighted by Gasteiger charge is 2.26. The van der Waals surface area contributed by atoms with Crippen molar-refractivity contribution in [3.05, 3.63) is 17.5 Å². The van der Waals surface area contributed by atoms with Gasteiger partial charge >= 0.3 is 0 Å². The van der Waals surface area contributed by atoms with E-state index < -0.39 is 0 Å². The van der Waals surface area contributed by atoms with Crippen molar-refractivity contribution >= 4 is 5.91 Å². The molecular weight excluding hydrogens is 202 g/mol. The van der Waals surface area contributed by atoms with Gasteiger partial charge in [0.05, 0.1) is 6.20 Å². The molecule has 1 aliphatic rings. The molecule has 1 aromatic rings. The van der Waals surface area contributed by atoms with Gasteiger partial charge in [0.25, 0.3) is 0 Å². The average Bonchev–Trinajstić information content (AvgIpc) is 2.63. The number of hydrogen-bond acceptors (Lipinski definition) is 2. The van der Waals surface area contributed by atoms with Gasteiger partial charge in [0.15, 0.2) is 0 Å². The van der Waals surface area contributed by atoms with Crippen LogP contribution in [-0.2, 0) is 17.6 Å². The lowest BCUT2D eigenvalue weighted by molar-refractivity contribution is -0.129. The summed E-state index contributed by atoms with van der Waals surface area (Å²) in [6, 6.07) is 0.250. The maximum atomic E-state index is 11.8. The first-order chi connectivity index (χ1) is 7.47. The van der Waals surface area contributed by atoms with E-state index >= 15 is 0 Å². The van der Waals surface area contributed by atoms with Gasteiger partial charge in [0.2, 0.25) is 5.91 Å². The number of fused-ring (bicyclic) bond motifs is 1. The van der Waals surface area contributed by atoms with Gasteiger partial charge < -0.3 is 5.32 Å². The van der Waals surface area contributed by atoms with Gasteiger partial charge in [0.1, 0.15) is 0 Å². The molecule has 88 valence electrons. The number of rotatable bonds is 1. The van der Waals surface area contributed by atoms with Gasteiger partial charge in [-0.3, -0.25) is 9.89 Å². The Morgan fingerprint density at radius 2 is 2.31 bits per heavy atom. The Bertz CT molecular complexity index is 389. The number of aromatic amines is 1. The Morgan fingerprint density at radius 3 is 3.00 bits per heavy atom. The Kier molecular flexibility index (Phi) is 2.74. The van der Waals surface area contributed by atoms with Crippen LogP contribution >= 0.6 is 0 Å². The van der Waals surface area contributed by atoms with E-state index in [1.807, 2.05) is 27.0 Å². The number of H-pyrrole nitrogens is 1. The third-order valence-corrected chi connectivity index (χ3v) is 3.04. The van der Waals surface area contributed by atoms with Crippen LogP contribution in [0.2, 0.25) is 0 Å². The first-order valence-corrected chi connectivity index (χ1v) is 5.79. The van der Waals surface area contributed by atoms with Crippen molar-refractivity contribution < 1.29 is 4.79 Å². The molecule has 0 radical (unpaired) electrons. The molecule has 1 amide bonds. The lowest BCUT2D eigenvalue weighted by Gasteiger charge is -2.26. The van der Waals surface area contributed by atoms with Crippen LogP contribution in [-0.4, -0.2) is 22.1 Å². The third-order valence-electron chi connectivity index (χ3n) is 3.04. The first-order valence-electron chi connectivity index (χ1n) is 5.79. The van der Waals surface area contributed by atoms with E-state index in [0.29, 0.717) is 0 Å². The second-order valence-electron chi connectivity index (χ2n) is 5.54. The van der Waals surface area contributed by atoms with Gasteiger partial charge in [-0.1, -0.05) is 20.8 Å². The summed E-state index contributed by atoms with van der Waals surface area (Å²) in [5.41, 5.74) is 2.15. The third kappa shape index (κ3) is 2.26. The Balaban J connectivity index is 1.97. The standard InChI is InChI=1S/C12H19N3O/c1-12(2,3)11(16)14-9-5-4-8-7-13-15-10(8)6-9/h7,9H,4-6H2,1-3H3,(H,13,15)(H,14,16).